The van der Waals surface area contributed by atoms with Gasteiger partial charge in [-0.25, -0.2) is 0 Å². The Balaban J connectivity index is 1.73. The quantitative estimate of drug-likeness (QED) is 0.904. The molecule has 0 radical (unpaired) electrons. The molecule has 0 saturated carbocycles. The number of fused-ring (bicyclic) bond motifs is 1. The van der Waals surface area contributed by atoms with Gasteiger partial charge in [-0.15, -0.1) is 11.8 Å². The Bertz CT molecular complexity index is 666. The number of hydrogen-bond donors (Lipinski definition) is 1. The predicted octanol–water partition coefficient (Wildman–Crippen LogP) is 3.96. The lowest BCUT2D eigenvalue weighted by Gasteiger charge is -2.11. The molecule has 1 unspecified atom stereocenters. The highest BCUT2D eigenvalue weighted by Crippen LogP contribution is 2.38. The Morgan fingerprint density at radius 3 is 2.80 bits per heavy atom. The Hall–Kier alpha value is -1.74. The minimum Gasteiger partial charge on any atom is -0.325 e. The van der Waals surface area contributed by atoms with Crippen LogP contribution in [-0.2, 0) is 11.2 Å². The van der Waals surface area contributed by atoms with E-state index >= 15 is 0 Å². The molecule has 1 amide bonds. The topological polar surface area (TPSA) is 29.1 Å². The van der Waals surface area contributed by atoms with Crippen LogP contribution in [0.2, 0.25) is 0 Å². The van der Waals surface area contributed by atoms with Crippen molar-refractivity contribution in [3.8, 4) is 0 Å². The third-order valence-electron chi connectivity index (χ3n) is 3.59. The molecule has 20 heavy (non-hydrogen) atoms. The Morgan fingerprint density at radius 1 is 1.20 bits per heavy atom. The average molecular weight is 283 g/mol. The molecule has 102 valence electrons. The fourth-order valence-electron chi connectivity index (χ4n) is 2.41. The maximum atomic E-state index is 12.4. The molecule has 0 fully saturated rings. The van der Waals surface area contributed by atoms with E-state index in [1.165, 1.54) is 16.0 Å². The van der Waals surface area contributed by atoms with Gasteiger partial charge in [0.1, 0.15) is 0 Å². The fraction of sp³-hybridized carbons (Fsp3) is 0.235. The van der Waals surface area contributed by atoms with E-state index in [-0.39, 0.29) is 11.2 Å². The zero-order valence-electron chi connectivity index (χ0n) is 11.6. The molecule has 0 aromatic heterocycles. The Morgan fingerprint density at radius 2 is 2.00 bits per heavy atom. The van der Waals surface area contributed by atoms with E-state index < -0.39 is 0 Å². The van der Waals surface area contributed by atoms with Gasteiger partial charge in [-0.05, 0) is 43.5 Å². The minimum absolute atomic E-state index is 0.0218. The van der Waals surface area contributed by atoms with Crippen LogP contribution in [0.25, 0.3) is 0 Å². The number of carbonyl (C=O) groups excluding carboxylic acids is 1. The molecule has 2 aromatic rings. The molecule has 3 rings (SSSR count). The minimum atomic E-state index is -0.0218. The zero-order chi connectivity index (χ0) is 14.1. The van der Waals surface area contributed by atoms with Crippen LogP contribution in [0, 0.1) is 13.8 Å². The van der Waals surface area contributed by atoms with Gasteiger partial charge in [-0.2, -0.15) is 0 Å². The zero-order valence-corrected chi connectivity index (χ0v) is 12.5. The van der Waals surface area contributed by atoms with Gasteiger partial charge in [0.05, 0.1) is 5.25 Å². The summed E-state index contributed by atoms with van der Waals surface area (Å²) >= 11 is 1.67. The maximum Gasteiger partial charge on any atom is 0.238 e. The molecule has 2 nitrogen and oxygen atoms in total. The van der Waals surface area contributed by atoms with Gasteiger partial charge in [0.2, 0.25) is 5.91 Å². The number of carbonyl (C=O) groups is 1. The normalized spacial score (nSPS) is 16.8. The number of anilines is 1. The van der Waals surface area contributed by atoms with E-state index in [0.717, 1.165) is 17.7 Å². The molecule has 0 spiro atoms. The number of benzene rings is 2. The number of amides is 1. The molecule has 1 heterocycles. The van der Waals surface area contributed by atoms with Crippen LogP contribution in [0.5, 0.6) is 0 Å². The number of aryl methyl sites for hydroxylation is 2. The smallest absolute Gasteiger partial charge is 0.238 e. The second-order valence-electron chi connectivity index (χ2n) is 5.23. The van der Waals surface area contributed by atoms with Crippen molar-refractivity contribution in [3.63, 3.8) is 0 Å². The molecule has 3 heteroatoms. The second kappa shape index (κ2) is 5.33. The first kappa shape index (κ1) is 13.3. The fourth-order valence-corrected chi connectivity index (χ4v) is 3.70. The monoisotopic (exact) mass is 283 g/mol. The largest absolute Gasteiger partial charge is 0.325 e. The van der Waals surface area contributed by atoms with E-state index in [1.54, 1.807) is 11.8 Å². The summed E-state index contributed by atoms with van der Waals surface area (Å²) < 4.78 is 0. The molecule has 2 aromatic carbocycles. The van der Waals surface area contributed by atoms with Gasteiger partial charge in [0.15, 0.2) is 0 Å². The van der Waals surface area contributed by atoms with Crippen molar-refractivity contribution in [1.82, 2.24) is 0 Å². The summed E-state index contributed by atoms with van der Waals surface area (Å²) in [7, 11) is 0. The van der Waals surface area contributed by atoms with E-state index in [0.29, 0.717) is 0 Å². The third-order valence-corrected chi connectivity index (χ3v) is 4.89. The molecule has 0 bridgehead atoms. The Labute approximate surface area is 123 Å². The molecular formula is C17H17NOS. The summed E-state index contributed by atoms with van der Waals surface area (Å²) in [6.07, 6.45) is 0.817. The van der Waals surface area contributed by atoms with Crippen LogP contribution in [-0.4, -0.2) is 11.2 Å². The summed E-state index contributed by atoms with van der Waals surface area (Å²) in [5.74, 6) is 0.0955. The van der Waals surface area contributed by atoms with Gasteiger partial charge in [-0.3, -0.25) is 4.79 Å². The summed E-state index contributed by atoms with van der Waals surface area (Å²) in [4.78, 5) is 13.6. The van der Waals surface area contributed by atoms with Gasteiger partial charge in [-0.1, -0.05) is 35.9 Å². The van der Waals surface area contributed by atoms with Gasteiger partial charge in [0.25, 0.3) is 0 Å². The second-order valence-corrected chi connectivity index (χ2v) is 6.47. The first-order valence-corrected chi connectivity index (χ1v) is 7.64. The van der Waals surface area contributed by atoms with Gasteiger partial charge < -0.3 is 5.32 Å². The molecule has 1 aliphatic rings. The lowest BCUT2D eigenvalue weighted by Crippen LogP contribution is -2.24. The highest BCUT2D eigenvalue weighted by molar-refractivity contribution is 8.01. The highest BCUT2D eigenvalue weighted by Gasteiger charge is 2.28. The molecule has 0 saturated heterocycles. The van der Waals surface area contributed by atoms with Crippen molar-refractivity contribution in [1.29, 1.82) is 0 Å². The third kappa shape index (κ3) is 2.59. The van der Waals surface area contributed by atoms with Crippen molar-refractivity contribution in [2.45, 2.75) is 30.4 Å². The molecule has 1 atom stereocenters. The van der Waals surface area contributed by atoms with Crippen LogP contribution in [0.4, 0.5) is 5.69 Å². The standard InChI is InChI=1S/C17H17NOS/c1-11-7-8-13-10-16(20-15(13)9-11)17(19)18-14-6-4-3-5-12(14)2/h3-9,16H,10H2,1-2H3,(H,18,19). The number of thioether (sulfide) groups is 1. The van der Waals surface area contributed by atoms with Gasteiger partial charge in [0, 0.05) is 10.6 Å². The number of para-hydroxylation sites is 1. The highest BCUT2D eigenvalue weighted by atomic mass is 32.2. The molecule has 1 N–H and O–H groups in total. The van der Waals surface area contributed by atoms with Crippen molar-refractivity contribution < 1.29 is 4.79 Å². The number of nitrogens with one attached hydrogen (secondary N) is 1. The van der Waals surface area contributed by atoms with Crippen molar-refractivity contribution in [2.24, 2.45) is 0 Å². The van der Waals surface area contributed by atoms with Crippen molar-refractivity contribution in [3.05, 3.63) is 59.2 Å². The van der Waals surface area contributed by atoms with E-state index in [2.05, 4.69) is 30.4 Å². The summed E-state index contributed by atoms with van der Waals surface area (Å²) in [6.45, 7) is 4.09. The lowest BCUT2D eigenvalue weighted by molar-refractivity contribution is -0.115. The van der Waals surface area contributed by atoms with Crippen molar-refractivity contribution in [2.75, 3.05) is 5.32 Å². The first-order chi connectivity index (χ1) is 9.63. The SMILES string of the molecule is Cc1ccc2c(c1)SC(C(=O)Nc1ccccc1C)C2. The predicted molar refractivity (Wildman–Crippen MR) is 84.3 cm³/mol. The van der Waals surface area contributed by atoms with Gasteiger partial charge >= 0.3 is 0 Å². The van der Waals surface area contributed by atoms with E-state index in [1.807, 2.05) is 31.2 Å². The van der Waals surface area contributed by atoms with Crippen LogP contribution in [0.1, 0.15) is 16.7 Å². The molecule has 1 aliphatic heterocycles. The van der Waals surface area contributed by atoms with Crippen LogP contribution < -0.4 is 5.32 Å². The molecule has 0 aliphatic carbocycles. The van der Waals surface area contributed by atoms with E-state index in [4.69, 9.17) is 0 Å². The first-order valence-electron chi connectivity index (χ1n) is 6.76. The maximum absolute atomic E-state index is 12.4. The lowest BCUT2D eigenvalue weighted by atomic mass is 10.1. The number of hydrogen-bond acceptors (Lipinski definition) is 2. The number of rotatable bonds is 2. The summed E-state index contributed by atoms with van der Waals surface area (Å²) in [5.41, 5.74) is 4.53. The van der Waals surface area contributed by atoms with Crippen molar-refractivity contribution >= 4 is 23.4 Å². The molecular weight excluding hydrogens is 266 g/mol. The van der Waals surface area contributed by atoms with Crippen LogP contribution in [0.3, 0.4) is 0 Å². The Kier molecular flexibility index (Phi) is 3.53. The average Bonchev–Trinajstić information content (AvgIpc) is 2.84. The summed E-state index contributed by atoms with van der Waals surface area (Å²) in [6, 6.07) is 14.3. The van der Waals surface area contributed by atoms with Crippen LogP contribution >= 0.6 is 11.8 Å². The summed E-state index contributed by atoms with van der Waals surface area (Å²) in [5, 5.41) is 3.02. The van der Waals surface area contributed by atoms with Crippen LogP contribution in [0.15, 0.2) is 47.4 Å². The van der Waals surface area contributed by atoms with E-state index in [9.17, 15) is 4.79 Å².